The lowest BCUT2D eigenvalue weighted by atomic mass is 10.2. The van der Waals surface area contributed by atoms with Crippen molar-refractivity contribution in [3.8, 4) is 0 Å². The van der Waals surface area contributed by atoms with Gasteiger partial charge in [0, 0.05) is 6.04 Å². The number of nitrogens with two attached hydrogens (primary N) is 1. The van der Waals surface area contributed by atoms with E-state index >= 15 is 0 Å². The summed E-state index contributed by atoms with van der Waals surface area (Å²) < 4.78 is 0. The predicted molar refractivity (Wildman–Crippen MR) is 65.3 cm³/mol. The van der Waals surface area contributed by atoms with Gasteiger partial charge in [0.2, 0.25) is 5.91 Å². The van der Waals surface area contributed by atoms with Crippen LogP contribution in [0.4, 0.5) is 11.5 Å². The quantitative estimate of drug-likeness (QED) is 0.699. The van der Waals surface area contributed by atoms with Crippen molar-refractivity contribution in [3.05, 3.63) is 18.3 Å². The molecule has 88 valence electrons. The highest BCUT2D eigenvalue weighted by atomic mass is 16.1. The number of amides is 1. The van der Waals surface area contributed by atoms with E-state index in [1.807, 2.05) is 6.07 Å². The molecule has 4 N–H and O–H groups in total. The van der Waals surface area contributed by atoms with Crippen LogP contribution in [0.3, 0.4) is 0 Å². The van der Waals surface area contributed by atoms with Crippen LogP contribution >= 0.6 is 0 Å². The van der Waals surface area contributed by atoms with Gasteiger partial charge in [-0.2, -0.15) is 0 Å². The van der Waals surface area contributed by atoms with E-state index in [9.17, 15) is 4.79 Å². The normalized spacial score (nSPS) is 11.9. The Morgan fingerprint density at radius 1 is 1.56 bits per heavy atom. The molecule has 0 bridgehead atoms. The minimum absolute atomic E-state index is 0.0210. The maximum atomic E-state index is 11.0. The molecule has 0 radical (unpaired) electrons. The molecular formula is C11H18N4O. The lowest BCUT2D eigenvalue weighted by molar-refractivity contribution is -0.114. The first-order valence-corrected chi connectivity index (χ1v) is 5.38. The average molecular weight is 222 g/mol. The van der Waals surface area contributed by atoms with Gasteiger partial charge in [-0.05, 0) is 25.5 Å². The molecule has 0 spiro atoms. The van der Waals surface area contributed by atoms with Gasteiger partial charge in [-0.15, -0.1) is 0 Å². The summed E-state index contributed by atoms with van der Waals surface area (Å²) in [5.74, 6) is 0.588. The number of hydrogen-bond acceptors (Lipinski definition) is 4. The van der Waals surface area contributed by atoms with E-state index < -0.39 is 0 Å². The zero-order valence-corrected chi connectivity index (χ0v) is 9.66. The molecule has 0 saturated heterocycles. The van der Waals surface area contributed by atoms with Gasteiger partial charge >= 0.3 is 0 Å². The van der Waals surface area contributed by atoms with Crippen molar-refractivity contribution < 1.29 is 4.79 Å². The molecule has 5 heteroatoms. The first-order valence-electron chi connectivity index (χ1n) is 5.38. The van der Waals surface area contributed by atoms with Gasteiger partial charge in [-0.1, -0.05) is 6.92 Å². The highest BCUT2D eigenvalue weighted by Gasteiger charge is 2.02. The van der Waals surface area contributed by atoms with Crippen molar-refractivity contribution in [1.29, 1.82) is 0 Å². The van der Waals surface area contributed by atoms with E-state index in [2.05, 4.69) is 29.5 Å². The highest BCUT2D eigenvalue weighted by molar-refractivity contribution is 5.91. The van der Waals surface area contributed by atoms with Gasteiger partial charge in [-0.3, -0.25) is 4.79 Å². The van der Waals surface area contributed by atoms with Crippen LogP contribution in [0.1, 0.15) is 20.3 Å². The van der Waals surface area contributed by atoms with Gasteiger partial charge in [0.1, 0.15) is 5.82 Å². The number of carbonyl (C=O) groups excluding carboxylic acids is 1. The minimum atomic E-state index is -0.218. The molecule has 0 saturated carbocycles. The topological polar surface area (TPSA) is 80.0 Å². The summed E-state index contributed by atoms with van der Waals surface area (Å²) in [6, 6.07) is 4.01. The Morgan fingerprint density at radius 3 is 2.81 bits per heavy atom. The number of aromatic nitrogens is 1. The smallest absolute Gasteiger partial charge is 0.238 e. The van der Waals surface area contributed by atoms with Crippen LogP contribution in [0, 0.1) is 0 Å². The molecule has 1 atom stereocenters. The zero-order valence-electron chi connectivity index (χ0n) is 9.66. The van der Waals surface area contributed by atoms with E-state index in [-0.39, 0.29) is 12.5 Å². The molecule has 1 aromatic heterocycles. The summed E-state index contributed by atoms with van der Waals surface area (Å²) in [6.45, 7) is 4.17. The molecule has 16 heavy (non-hydrogen) atoms. The van der Waals surface area contributed by atoms with Crippen molar-refractivity contribution in [2.75, 3.05) is 17.2 Å². The van der Waals surface area contributed by atoms with Crippen LogP contribution < -0.4 is 16.4 Å². The molecule has 0 aliphatic heterocycles. The van der Waals surface area contributed by atoms with E-state index in [0.717, 1.165) is 12.2 Å². The third kappa shape index (κ3) is 3.86. The zero-order chi connectivity index (χ0) is 12.0. The maximum absolute atomic E-state index is 11.0. The fourth-order valence-electron chi connectivity index (χ4n) is 1.12. The number of rotatable bonds is 5. The number of pyridine rings is 1. The van der Waals surface area contributed by atoms with Crippen molar-refractivity contribution in [2.45, 2.75) is 26.3 Å². The third-order valence-corrected chi connectivity index (χ3v) is 2.24. The number of nitrogens with one attached hydrogen (secondary N) is 2. The fourth-order valence-corrected chi connectivity index (χ4v) is 1.12. The Kier molecular flexibility index (Phi) is 4.72. The van der Waals surface area contributed by atoms with Gasteiger partial charge in [-0.25, -0.2) is 4.98 Å². The average Bonchev–Trinajstić information content (AvgIpc) is 2.31. The van der Waals surface area contributed by atoms with Gasteiger partial charge in [0.05, 0.1) is 18.4 Å². The fraction of sp³-hybridized carbons (Fsp3) is 0.455. The molecule has 0 aliphatic rings. The van der Waals surface area contributed by atoms with Crippen LogP contribution in [0.2, 0.25) is 0 Å². The Balaban J connectivity index is 2.57. The number of hydrogen-bond donors (Lipinski definition) is 3. The molecule has 1 unspecified atom stereocenters. The second-order valence-corrected chi connectivity index (χ2v) is 3.64. The van der Waals surface area contributed by atoms with Crippen LogP contribution in [0.15, 0.2) is 18.3 Å². The third-order valence-electron chi connectivity index (χ3n) is 2.24. The van der Waals surface area contributed by atoms with E-state index in [1.165, 1.54) is 0 Å². The molecule has 0 aliphatic carbocycles. The molecule has 1 heterocycles. The second-order valence-electron chi connectivity index (χ2n) is 3.64. The van der Waals surface area contributed by atoms with E-state index in [1.54, 1.807) is 12.3 Å². The summed E-state index contributed by atoms with van der Waals surface area (Å²) in [7, 11) is 0. The van der Waals surface area contributed by atoms with Crippen LogP contribution in [-0.4, -0.2) is 23.5 Å². The molecule has 0 fully saturated rings. The predicted octanol–water partition coefficient (Wildman–Crippen LogP) is 1.19. The molecule has 0 aromatic carbocycles. The summed E-state index contributed by atoms with van der Waals surface area (Å²) in [5.41, 5.74) is 5.85. The van der Waals surface area contributed by atoms with Crippen molar-refractivity contribution in [2.24, 2.45) is 5.73 Å². The molecular weight excluding hydrogens is 204 g/mol. The van der Waals surface area contributed by atoms with E-state index in [0.29, 0.717) is 11.7 Å². The Labute approximate surface area is 95.4 Å². The molecule has 1 rings (SSSR count). The largest absolute Gasteiger partial charge is 0.368 e. The summed E-state index contributed by atoms with van der Waals surface area (Å²) in [5, 5.41) is 5.87. The maximum Gasteiger partial charge on any atom is 0.238 e. The number of carbonyl (C=O) groups is 1. The van der Waals surface area contributed by atoms with Crippen LogP contribution in [0.5, 0.6) is 0 Å². The summed E-state index contributed by atoms with van der Waals surface area (Å²) in [6.07, 6.45) is 2.64. The van der Waals surface area contributed by atoms with Crippen LogP contribution in [0.25, 0.3) is 0 Å². The van der Waals surface area contributed by atoms with Crippen molar-refractivity contribution in [3.63, 3.8) is 0 Å². The van der Waals surface area contributed by atoms with Gasteiger partial charge < -0.3 is 16.4 Å². The van der Waals surface area contributed by atoms with Crippen LogP contribution in [-0.2, 0) is 4.79 Å². The van der Waals surface area contributed by atoms with E-state index in [4.69, 9.17) is 5.73 Å². The monoisotopic (exact) mass is 222 g/mol. The highest BCUT2D eigenvalue weighted by Crippen LogP contribution is 2.10. The Bertz CT molecular complexity index is 336. The SMILES string of the molecule is CCC(C)Nc1ccc(NC(=O)CN)cn1. The first-order chi connectivity index (χ1) is 7.65. The first kappa shape index (κ1) is 12.4. The molecule has 1 amide bonds. The second kappa shape index (κ2) is 6.07. The Morgan fingerprint density at radius 2 is 2.31 bits per heavy atom. The lowest BCUT2D eigenvalue weighted by Crippen LogP contribution is -2.22. The van der Waals surface area contributed by atoms with Gasteiger partial charge in [0.15, 0.2) is 0 Å². The standard InChI is InChI=1S/C11H18N4O/c1-3-8(2)14-10-5-4-9(7-13-10)15-11(16)6-12/h4-5,7-8H,3,6,12H2,1-2H3,(H,13,14)(H,15,16). The molecule has 5 nitrogen and oxygen atoms in total. The summed E-state index contributed by atoms with van der Waals surface area (Å²) in [4.78, 5) is 15.2. The molecule has 1 aromatic rings. The lowest BCUT2D eigenvalue weighted by Gasteiger charge is -2.12. The van der Waals surface area contributed by atoms with Crippen molar-refractivity contribution >= 4 is 17.4 Å². The summed E-state index contributed by atoms with van der Waals surface area (Å²) >= 11 is 0. The van der Waals surface area contributed by atoms with Crippen molar-refractivity contribution in [1.82, 2.24) is 4.98 Å². The minimum Gasteiger partial charge on any atom is -0.368 e. The number of anilines is 2. The number of nitrogens with zero attached hydrogens (tertiary/aromatic N) is 1. The van der Waals surface area contributed by atoms with Gasteiger partial charge in [0.25, 0.3) is 0 Å². The Hall–Kier alpha value is -1.62.